The number of nitrogens with one attached hydrogen (secondary N) is 1. The van der Waals surface area contributed by atoms with Crippen molar-refractivity contribution in [2.45, 2.75) is 51.6 Å². The highest BCUT2D eigenvalue weighted by Gasteiger charge is 2.24. The van der Waals surface area contributed by atoms with Gasteiger partial charge in [-0.25, -0.2) is 4.39 Å². The van der Waals surface area contributed by atoms with Crippen molar-refractivity contribution in [2.75, 3.05) is 0 Å². The number of rotatable bonds is 6. The van der Waals surface area contributed by atoms with Crippen LogP contribution in [0.3, 0.4) is 0 Å². The monoisotopic (exact) mass is 235 g/mol. The highest BCUT2D eigenvalue weighted by molar-refractivity contribution is 5.19. The van der Waals surface area contributed by atoms with Gasteiger partial charge in [-0.2, -0.15) is 0 Å². The Labute approximate surface area is 103 Å². The molecule has 2 heteroatoms. The van der Waals surface area contributed by atoms with Crippen LogP contribution < -0.4 is 5.32 Å². The second-order valence-corrected chi connectivity index (χ2v) is 5.26. The Bertz CT molecular complexity index is 342. The van der Waals surface area contributed by atoms with E-state index in [0.717, 1.165) is 12.3 Å². The Hall–Kier alpha value is -0.890. The summed E-state index contributed by atoms with van der Waals surface area (Å²) in [6, 6.07) is 7.78. The van der Waals surface area contributed by atoms with Gasteiger partial charge in [0.15, 0.2) is 0 Å². The Balaban J connectivity index is 1.92. The first-order chi connectivity index (χ1) is 8.19. The van der Waals surface area contributed by atoms with E-state index in [1.165, 1.54) is 24.8 Å². The summed E-state index contributed by atoms with van der Waals surface area (Å²) in [4.78, 5) is 0. The third-order valence-corrected chi connectivity index (χ3v) is 3.55. The molecule has 0 saturated heterocycles. The van der Waals surface area contributed by atoms with Crippen LogP contribution in [0.15, 0.2) is 24.3 Å². The predicted octanol–water partition coefficient (Wildman–Crippen LogP) is 4.06. The van der Waals surface area contributed by atoms with Crippen LogP contribution in [0.25, 0.3) is 0 Å². The summed E-state index contributed by atoms with van der Waals surface area (Å²) in [5, 5.41) is 3.65. The molecule has 1 aromatic carbocycles. The van der Waals surface area contributed by atoms with E-state index in [2.05, 4.69) is 19.2 Å². The topological polar surface area (TPSA) is 12.0 Å². The van der Waals surface area contributed by atoms with E-state index in [0.29, 0.717) is 12.1 Å². The summed E-state index contributed by atoms with van der Waals surface area (Å²) in [7, 11) is 0. The van der Waals surface area contributed by atoms with Gasteiger partial charge in [0, 0.05) is 12.1 Å². The first-order valence-electron chi connectivity index (χ1n) is 6.70. The van der Waals surface area contributed by atoms with Crippen molar-refractivity contribution in [3.05, 3.63) is 35.6 Å². The minimum absolute atomic E-state index is 0.158. The van der Waals surface area contributed by atoms with Crippen molar-refractivity contribution >= 4 is 0 Å². The van der Waals surface area contributed by atoms with Crippen molar-refractivity contribution in [3.63, 3.8) is 0 Å². The molecule has 1 saturated carbocycles. The molecule has 1 fully saturated rings. The normalized spacial score (nSPS) is 19.0. The van der Waals surface area contributed by atoms with Crippen LogP contribution >= 0.6 is 0 Å². The van der Waals surface area contributed by atoms with Crippen LogP contribution in [0.5, 0.6) is 0 Å². The second-order valence-electron chi connectivity index (χ2n) is 5.26. The highest BCUT2D eigenvalue weighted by atomic mass is 19.1. The van der Waals surface area contributed by atoms with Gasteiger partial charge in [0.1, 0.15) is 5.82 Å². The van der Waals surface area contributed by atoms with Crippen molar-refractivity contribution in [3.8, 4) is 0 Å². The molecule has 0 amide bonds. The smallest absolute Gasteiger partial charge is 0.123 e. The van der Waals surface area contributed by atoms with E-state index < -0.39 is 0 Å². The second kappa shape index (κ2) is 5.63. The van der Waals surface area contributed by atoms with Crippen LogP contribution in [-0.4, -0.2) is 6.04 Å². The number of hydrogen-bond acceptors (Lipinski definition) is 1. The van der Waals surface area contributed by atoms with E-state index in [1.54, 1.807) is 12.1 Å². The van der Waals surface area contributed by atoms with Gasteiger partial charge in [0.05, 0.1) is 0 Å². The third kappa shape index (κ3) is 3.81. The van der Waals surface area contributed by atoms with Crippen LogP contribution in [0, 0.1) is 11.7 Å². The molecule has 0 bridgehead atoms. The fraction of sp³-hybridized carbons (Fsp3) is 0.600. The van der Waals surface area contributed by atoms with Gasteiger partial charge in [-0.15, -0.1) is 0 Å². The summed E-state index contributed by atoms with van der Waals surface area (Å²) < 4.78 is 12.9. The Morgan fingerprint density at radius 2 is 1.94 bits per heavy atom. The van der Waals surface area contributed by atoms with Gasteiger partial charge in [0.2, 0.25) is 0 Å². The standard InChI is InChI=1S/C15H22FN/c1-3-15(13-6-8-14(16)9-7-13)17-11(2)10-12-4-5-12/h6-9,11-12,15,17H,3-5,10H2,1-2H3. The zero-order chi connectivity index (χ0) is 12.3. The zero-order valence-electron chi connectivity index (χ0n) is 10.7. The van der Waals surface area contributed by atoms with E-state index in [4.69, 9.17) is 0 Å². The zero-order valence-corrected chi connectivity index (χ0v) is 10.7. The van der Waals surface area contributed by atoms with Gasteiger partial charge in [0.25, 0.3) is 0 Å². The summed E-state index contributed by atoms with van der Waals surface area (Å²) in [6.07, 6.45) is 5.12. The van der Waals surface area contributed by atoms with Crippen LogP contribution in [0.4, 0.5) is 4.39 Å². The number of benzene rings is 1. The first-order valence-corrected chi connectivity index (χ1v) is 6.70. The maximum atomic E-state index is 12.9. The molecule has 17 heavy (non-hydrogen) atoms. The molecular formula is C15H22FN. The van der Waals surface area contributed by atoms with Crippen molar-refractivity contribution in [1.82, 2.24) is 5.32 Å². The number of halogens is 1. The summed E-state index contributed by atoms with van der Waals surface area (Å²) in [5.41, 5.74) is 1.19. The first kappa shape index (κ1) is 12.6. The summed E-state index contributed by atoms with van der Waals surface area (Å²) in [5.74, 6) is 0.790. The minimum Gasteiger partial charge on any atom is -0.307 e. The average molecular weight is 235 g/mol. The molecule has 1 aromatic rings. The fourth-order valence-electron chi connectivity index (χ4n) is 2.41. The van der Waals surface area contributed by atoms with E-state index >= 15 is 0 Å². The Kier molecular flexibility index (Phi) is 4.16. The molecule has 1 N–H and O–H groups in total. The molecule has 0 radical (unpaired) electrons. The van der Waals surface area contributed by atoms with Gasteiger partial charge in [-0.05, 0) is 43.4 Å². The fourth-order valence-corrected chi connectivity index (χ4v) is 2.41. The SMILES string of the molecule is CCC(NC(C)CC1CC1)c1ccc(F)cc1. The molecular weight excluding hydrogens is 213 g/mol. The van der Waals surface area contributed by atoms with E-state index in [-0.39, 0.29) is 5.82 Å². The molecule has 0 heterocycles. The van der Waals surface area contributed by atoms with Gasteiger partial charge in [-0.1, -0.05) is 31.9 Å². The van der Waals surface area contributed by atoms with Crippen LogP contribution in [0.1, 0.15) is 51.1 Å². The van der Waals surface area contributed by atoms with Gasteiger partial charge in [-0.3, -0.25) is 0 Å². The molecule has 1 aliphatic carbocycles. The molecule has 2 unspecified atom stereocenters. The largest absolute Gasteiger partial charge is 0.307 e. The quantitative estimate of drug-likeness (QED) is 0.784. The summed E-state index contributed by atoms with van der Waals surface area (Å²) in [6.45, 7) is 4.43. The van der Waals surface area contributed by atoms with Crippen molar-refractivity contribution in [1.29, 1.82) is 0 Å². The van der Waals surface area contributed by atoms with Crippen molar-refractivity contribution < 1.29 is 4.39 Å². The molecule has 0 spiro atoms. The number of hydrogen-bond donors (Lipinski definition) is 1. The molecule has 1 aliphatic rings. The third-order valence-electron chi connectivity index (χ3n) is 3.55. The molecule has 0 aromatic heterocycles. The highest BCUT2D eigenvalue weighted by Crippen LogP contribution is 2.34. The van der Waals surface area contributed by atoms with Crippen LogP contribution in [-0.2, 0) is 0 Å². The maximum Gasteiger partial charge on any atom is 0.123 e. The lowest BCUT2D eigenvalue weighted by Gasteiger charge is -2.22. The molecule has 2 atom stereocenters. The lowest BCUT2D eigenvalue weighted by atomic mass is 10.0. The minimum atomic E-state index is -0.158. The summed E-state index contributed by atoms with van der Waals surface area (Å²) >= 11 is 0. The van der Waals surface area contributed by atoms with Gasteiger partial charge >= 0.3 is 0 Å². The van der Waals surface area contributed by atoms with Crippen molar-refractivity contribution in [2.24, 2.45) is 5.92 Å². The molecule has 94 valence electrons. The molecule has 2 rings (SSSR count). The van der Waals surface area contributed by atoms with Gasteiger partial charge < -0.3 is 5.32 Å². The average Bonchev–Trinajstić information content (AvgIpc) is 3.11. The maximum absolute atomic E-state index is 12.9. The lowest BCUT2D eigenvalue weighted by Crippen LogP contribution is -2.30. The molecule has 0 aliphatic heterocycles. The van der Waals surface area contributed by atoms with E-state index in [1.807, 2.05) is 12.1 Å². The predicted molar refractivity (Wildman–Crippen MR) is 69.4 cm³/mol. The Morgan fingerprint density at radius 3 is 2.47 bits per heavy atom. The lowest BCUT2D eigenvalue weighted by molar-refractivity contribution is 0.413. The van der Waals surface area contributed by atoms with Crippen LogP contribution in [0.2, 0.25) is 0 Å². The Morgan fingerprint density at radius 1 is 1.29 bits per heavy atom. The van der Waals surface area contributed by atoms with E-state index in [9.17, 15) is 4.39 Å². The molecule has 1 nitrogen and oxygen atoms in total.